The van der Waals surface area contributed by atoms with Gasteiger partial charge >= 0.3 is 0 Å². The minimum absolute atomic E-state index is 0.269. The second-order valence-electron chi connectivity index (χ2n) is 3.90. The van der Waals surface area contributed by atoms with E-state index in [9.17, 15) is 4.39 Å². The molecule has 82 valence electrons. The highest BCUT2D eigenvalue weighted by Crippen LogP contribution is 2.28. The molecule has 1 heterocycles. The second kappa shape index (κ2) is 4.90. The molecule has 0 aromatic carbocycles. The lowest BCUT2D eigenvalue weighted by Gasteiger charge is -2.20. The SMILES string of the molecule is Fc1cncc(CN(CCCl)C2CC2)c1. The largest absolute Gasteiger partial charge is 0.295 e. The summed E-state index contributed by atoms with van der Waals surface area (Å²) in [6.07, 6.45) is 5.42. The molecule has 0 unspecified atom stereocenters. The molecule has 1 fully saturated rings. The first-order valence-corrected chi connectivity index (χ1v) is 5.72. The van der Waals surface area contributed by atoms with E-state index >= 15 is 0 Å². The summed E-state index contributed by atoms with van der Waals surface area (Å²) in [4.78, 5) is 6.14. The van der Waals surface area contributed by atoms with Gasteiger partial charge in [-0.3, -0.25) is 9.88 Å². The summed E-state index contributed by atoms with van der Waals surface area (Å²) in [5, 5.41) is 0. The Bertz CT molecular complexity index is 328. The highest BCUT2D eigenvalue weighted by Gasteiger charge is 2.28. The number of nitrogens with zero attached hydrogens (tertiary/aromatic N) is 2. The van der Waals surface area contributed by atoms with Crippen LogP contribution in [0.25, 0.3) is 0 Å². The molecule has 0 bridgehead atoms. The molecule has 1 aromatic heterocycles. The van der Waals surface area contributed by atoms with Crippen LogP contribution in [0.1, 0.15) is 18.4 Å². The van der Waals surface area contributed by atoms with Crippen LogP contribution in [0.15, 0.2) is 18.5 Å². The Hall–Kier alpha value is -0.670. The van der Waals surface area contributed by atoms with E-state index in [4.69, 9.17) is 11.6 Å². The Morgan fingerprint density at radius 1 is 1.47 bits per heavy atom. The molecule has 1 aromatic rings. The maximum Gasteiger partial charge on any atom is 0.141 e. The Balaban J connectivity index is 1.98. The van der Waals surface area contributed by atoms with Crippen LogP contribution in [-0.4, -0.2) is 28.4 Å². The smallest absolute Gasteiger partial charge is 0.141 e. The Labute approximate surface area is 94.1 Å². The van der Waals surface area contributed by atoms with Crippen molar-refractivity contribution in [3.63, 3.8) is 0 Å². The van der Waals surface area contributed by atoms with Gasteiger partial charge < -0.3 is 0 Å². The van der Waals surface area contributed by atoms with E-state index in [0.717, 1.165) is 18.7 Å². The fraction of sp³-hybridized carbons (Fsp3) is 0.545. The first kappa shape index (κ1) is 10.8. The predicted octanol–water partition coefficient (Wildman–Crippen LogP) is 2.42. The standard InChI is InChI=1S/C11H14ClFN2/c12-3-4-15(11-1-2-11)8-9-5-10(13)7-14-6-9/h5-7,11H,1-4,8H2. The van der Waals surface area contributed by atoms with Gasteiger partial charge in [0.15, 0.2) is 0 Å². The van der Waals surface area contributed by atoms with E-state index in [-0.39, 0.29) is 5.82 Å². The highest BCUT2D eigenvalue weighted by atomic mass is 35.5. The van der Waals surface area contributed by atoms with Gasteiger partial charge in [0.1, 0.15) is 5.82 Å². The van der Waals surface area contributed by atoms with Crippen LogP contribution in [0.4, 0.5) is 4.39 Å². The summed E-state index contributed by atoms with van der Waals surface area (Å²) < 4.78 is 12.9. The zero-order valence-electron chi connectivity index (χ0n) is 8.50. The van der Waals surface area contributed by atoms with Crippen LogP contribution < -0.4 is 0 Å². The summed E-state index contributed by atoms with van der Waals surface area (Å²) in [5.74, 6) is 0.355. The molecule has 2 nitrogen and oxygen atoms in total. The van der Waals surface area contributed by atoms with Crippen molar-refractivity contribution in [3.8, 4) is 0 Å². The average Bonchev–Trinajstić information content (AvgIpc) is 3.00. The molecule has 0 spiro atoms. The molecule has 0 N–H and O–H groups in total. The van der Waals surface area contributed by atoms with Crippen LogP contribution in [0.3, 0.4) is 0 Å². The molecule has 1 aliphatic rings. The van der Waals surface area contributed by atoms with Crippen molar-refractivity contribution in [1.29, 1.82) is 0 Å². The van der Waals surface area contributed by atoms with E-state index in [1.54, 1.807) is 6.20 Å². The lowest BCUT2D eigenvalue weighted by atomic mass is 10.2. The van der Waals surface area contributed by atoms with E-state index in [1.807, 2.05) is 0 Å². The maximum atomic E-state index is 12.9. The van der Waals surface area contributed by atoms with Crippen LogP contribution in [0.5, 0.6) is 0 Å². The number of halogens is 2. The highest BCUT2D eigenvalue weighted by molar-refractivity contribution is 6.18. The second-order valence-corrected chi connectivity index (χ2v) is 4.28. The Morgan fingerprint density at radius 2 is 2.27 bits per heavy atom. The van der Waals surface area contributed by atoms with Crippen molar-refractivity contribution in [2.45, 2.75) is 25.4 Å². The van der Waals surface area contributed by atoms with Crippen molar-refractivity contribution < 1.29 is 4.39 Å². The van der Waals surface area contributed by atoms with Gasteiger partial charge in [0.25, 0.3) is 0 Å². The Morgan fingerprint density at radius 3 is 2.87 bits per heavy atom. The molecule has 15 heavy (non-hydrogen) atoms. The van der Waals surface area contributed by atoms with Crippen molar-refractivity contribution in [1.82, 2.24) is 9.88 Å². The molecule has 2 rings (SSSR count). The summed E-state index contributed by atoms with van der Waals surface area (Å²) in [7, 11) is 0. The van der Waals surface area contributed by atoms with E-state index in [2.05, 4.69) is 9.88 Å². The average molecular weight is 229 g/mol. The fourth-order valence-electron chi connectivity index (χ4n) is 1.72. The number of alkyl halides is 1. The van der Waals surface area contributed by atoms with Gasteiger partial charge in [-0.15, -0.1) is 11.6 Å². The molecule has 0 atom stereocenters. The van der Waals surface area contributed by atoms with Crippen LogP contribution in [-0.2, 0) is 6.54 Å². The van der Waals surface area contributed by atoms with Gasteiger partial charge in [0.05, 0.1) is 6.20 Å². The van der Waals surface area contributed by atoms with Crippen molar-refractivity contribution in [2.75, 3.05) is 12.4 Å². The summed E-state index contributed by atoms with van der Waals surface area (Å²) in [5.41, 5.74) is 0.923. The molecule has 1 saturated carbocycles. The van der Waals surface area contributed by atoms with Gasteiger partial charge in [-0.1, -0.05) is 0 Å². The Kier molecular flexibility index (Phi) is 3.54. The first-order valence-electron chi connectivity index (χ1n) is 5.19. The van der Waals surface area contributed by atoms with Gasteiger partial charge in [-0.05, 0) is 24.5 Å². The number of hydrogen-bond acceptors (Lipinski definition) is 2. The quantitative estimate of drug-likeness (QED) is 0.720. The molecule has 1 aliphatic carbocycles. The third-order valence-corrected chi connectivity index (χ3v) is 2.75. The molecule has 0 amide bonds. The van der Waals surface area contributed by atoms with Crippen LogP contribution in [0, 0.1) is 5.82 Å². The molecular formula is C11H14ClFN2. The van der Waals surface area contributed by atoms with Crippen LogP contribution >= 0.6 is 11.6 Å². The minimum atomic E-state index is -0.269. The molecule has 0 aliphatic heterocycles. The summed E-state index contributed by atoms with van der Waals surface area (Å²) >= 11 is 5.73. The number of aromatic nitrogens is 1. The lowest BCUT2D eigenvalue weighted by molar-refractivity contribution is 0.270. The van der Waals surface area contributed by atoms with Gasteiger partial charge in [0.2, 0.25) is 0 Å². The maximum absolute atomic E-state index is 12.9. The van der Waals surface area contributed by atoms with Gasteiger partial charge in [-0.25, -0.2) is 4.39 Å². The third-order valence-electron chi connectivity index (χ3n) is 2.58. The van der Waals surface area contributed by atoms with E-state index in [1.165, 1.54) is 25.1 Å². The van der Waals surface area contributed by atoms with E-state index < -0.39 is 0 Å². The molecule has 4 heteroatoms. The predicted molar refractivity (Wildman–Crippen MR) is 58.3 cm³/mol. The zero-order chi connectivity index (χ0) is 10.7. The lowest BCUT2D eigenvalue weighted by Crippen LogP contribution is -2.27. The zero-order valence-corrected chi connectivity index (χ0v) is 9.25. The van der Waals surface area contributed by atoms with Crippen molar-refractivity contribution in [3.05, 3.63) is 29.8 Å². The van der Waals surface area contributed by atoms with Gasteiger partial charge in [-0.2, -0.15) is 0 Å². The fourth-order valence-corrected chi connectivity index (χ4v) is 1.93. The number of rotatable bonds is 5. The third kappa shape index (κ3) is 3.14. The monoisotopic (exact) mass is 228 g/mol. The van der Waals surface area contributed by atoms with E-state index in [0.29, 0.717) is 11.9 Å². The molecular weight excluding hydrogens is 215 g/mol. The van der Waals surface area contributed by atoms with Crippen molar-refractivity contribution in [2.24, 2.45) is 0 Å². The number of hydrogen-bond donors (Lipinski definition) is 0. The first-order chi connectivity index (χ1) is 7.29. The topological polar surface area (TPSA) is 16.1 Å². The van der Waals surface area contributed by atoms with Gasteiger partial charge in [0, 0.05) is 31.2 Å². The summed E-state index contributed by atoms with van der Waals surface area (Å²) in [6, 6.07) is 2.18. The van der Waals surface area contributed by atoms with Crippen LogP contribution in [0.2, 0.25) is 0 Å². The number of pyridine rings is 1. The normalized spacial score (nSPS) is 15.9. The molecule has 0 radical (unpaired) electrons. The molecule has 0 saturated heterocycles. The summed E-state index contributed by atoms with van der Waals surface area (Å²) in [6.45, 7) is 1.62. The van der Waals surface area contributed by atoms with Crippen molar-refractivity contribution >= 4 is 11.6 Å². The minimum Gasteiger partial charge on any atom is -0.295 e.